The minimum Gasteiger partial charge on any atom is -0.298 e. The van der Waals surface area contributed by atoms with E-state index in [2.05, 4.69) is 0 Å². The van der Waals surface area contributed by atoms with Crippen LogP contribution in [0.1, 0.15) is 0 Å². The molecule has 0 amide bonds. The first kappa shape index (κ1) is 6.90. The molecule has 0 N–H and O–H groups in total. The molecular weight excluding hydrogens is 156 g/mol. The predicted molar refractivity (Wildman–Crippen MR) is 40.5 cm³/mol. The highest BCUT2D eigenvalue weighted by Crippen LogP contribution is 2.21. The average molecular weight is 161 g/mol. The zero-order valence-electron chi connectivity index (χ0n) is 4.63. The largest absolute Gasteiger partial charge is 0.298 e. The smallest absolute Gasteiger partial charge is 0.150 e. The molecule has 0 aromatic heterocycles. The van der Waals surface area contributed by atoms with Gasteiger partial charge in [0, 0.05) is 16.4 Å². The van der Waals surface area contributed by atoms with E-state index in [0.717, 1.165) is 17.1 Å². The maximum Gasteiger partial charge on any atom is 0.150 e. The average Bonchev–Trinajstić information content (AvgIpc) is 1.88. The summed E-state index contributed by atoms with van der Waals surface area (Å²) in [5, 5.41) is 2.54. The molecule has 0 saturated heterocycles. The number of rotatable bonds is 1. The van der Waals surface area contributed by atoms with E-state index in [9.17, 15) is 4.79 Å². The maximum absolute atomic E-state index is 10.1. The van der Waals surface area contributed by atoms with Gasteiger partial charge in [-0.25, -0.2) is 0 Å². The number of carbonyl (C=O) groups is 1. The third-order valence-corrected chi connectivity index (χ3v) is 2.22. The molecule has 1 heterocycles. The highest BCUT2D eigenvalue weighted by atomic mass is 35.5. The summed E-state index contributed by atoms with van der Waals surface area (Å²) in [5.74, 6) is 0.791. The summed E-state index contributed by atoms with van der Waals surface area (Å²) >= 11 is 7.17. The van der Waals surface area contributed by atoms with E-state index < -0.39 is 0 Å². The standard InChI is InChI=1S/C6H5ClOS/c7-6-1-5(2-8)3-9-4-6/h1-3H,4H2. The Bertz CT molecular complexity index is 183. The number of halogens is 1. The van der Waals surface area contributed by atoms with Gasteiger partial charge in [0.15, 0.2) is 6.29 Å². The monoisotopic (exact) mass is 160 g/mol. The number of carbonyl (C=O) groups excluding carboxylic acids is 1. The molecule has 1 aliphatic rings. The van der Waals surface area contributed by atoms with Gasteiger partial charge in [0.1, 0.15) is 0 Å². The number of hydrogen-bond acceptors (Lipinski definition) is 2. The second-order valence-corrected chi connectivity index (χ2v) is 2.98. The zero-order valence-corrected chi connectivity index (χ0v) is 6.21. The fourth-order valence-electron chi connectivity index (χ4n) is 0.536. The van der Waals surface area contributed by atoms with Crippen LogP contribution in [0.4, 0.5) is 0 Å². The van der Waals surface area contributed by atoms with Gasteiger partial charge in [-0.15, -0.1) is 11.8 Å². The van der Waals surface area contributed by atoms with Gasteiger partial charge >= 0.3 is 0 Å². The minimum absolute atomic E-state index is 0.663. The molecule has 3 heteroatoms. The van der Waals surface area contributed by atoms with Crippen LogP contribution in [-0.2, 0) is 4.79 Å². The molecule has 0 fully saturated rings. The molecule has 1 aliphatic heterocycles. The third-order valence-electron chi connectivity index (χ3n) is 0.900. The molecule has 0 radical (unpaired) electrons. The van der Waals surface area contributed by atoms with E-state index in [1.165, 1.54) is 0 Å². The van der Waals surface area contributed by atoms with Crippen molar-refractivity contribution in [1.29, 1.82) is 0 Å². The summed E-state index contributed by atoms with van der Waals surface area (Å²) in [7, 11) is 0. The van der Waals surface area contributed by atoms with Crippen LogP contribution < -0.4 is 0 Å². The number of hydrogen-bond donors (Lipinski definition) is 0. The molecule has 48 valence electrons. The fourth-order valence-corrected chi connectivity index (χ4v) is 1.49. The van der Waals surface area contributed by atoms with Gasteiger partial charge in [-0.3, -0.25) is 4.79 Å². The Morgan fingerprint density at radius 3 is 3.00 bits per heavy atom. The summed E-state index contributed by atoms with van der Waals surface area (Å²) < 4.78 is 0. The number of thioether (sulfide) groups is 1. The molecule has 0 atom stereocenters. The first-order valence-electron chi connectivity index (χ1n) is 2.46. The van der Waals surface area contributed by atoms with Gasteiger partial charge < -0.3 is 0 Å². The van der Waals surface area contributed by atoms with E-state index in [4.69, 9.17) is 11.6 Å². The first-order chi connectivity index (χ1) is 4.33. The van der Waals surface area contributed by atoms with Gasteiger partial charge in [0.25, 0.3) is 0 Å². The maximum atomic E-state index is 10.1. The molecule has 0 unspecified atom stereocenters. The lowest BCUT2D eigenvalue weighted by Gasteiger charge is -2.01. The van der Waals surface area contributed by atoms with Crippen molar-refractivity contribution in [3.05, 3.63) is 22.1 Å². The van der Waals surface area contributed by atoms with Crippen molar-refractivity contribution in [2.24, 2.45) is 0 Å². The molecule has 0 aromatic carbocycles. The van der Waals surface area contributed by atoms with Crippen LogP contribution in [0.5, 0.6) is 0 Å². The summed E-state index contributed by atoms with van der Waals surface area (Å²) in [4.78, 5) is 10.1. The minimum atomic E-state index is 0.663. The molecule has 0 aromatic rings. The van der Waals surface area contributed by atoms with E-state index >= 15 is 0 Å². The molecular formula is C6H5ClOS. The molecule has 1 rings (SSSR count). The molecule has 0 spiro atoms. The van der Waals surface area contributed by atoms with Crippen LogP contribution in [0.15, 0.2) is 22.1 Å². The summed E-state index contributed by atoms with van der Waals surface area (Å²) in [5.41, 5.74) is 0.663. The highest BCUT2D eigenvalue weighted by molar-refractivity contribution is 8.02. The van der Waals surface area contributed by atoms with Crippen molar-refractivity contribution in [3.8, 4) is 0 Å². The Morgan fingerprint density at radius 2 is 2.56 bits per heavy atom. The number of aldehydes is 1. The Hall–Kier alpha value is -0.210. The van der Waals surface area contributed by atoms with Crippen LogP contribution in [0, 0.1) is 0 Å². The lowest BCUT2D eigenvalue weighted by molar-refractivity contribution is -0.104. The van der Waals surface area contributed by atoms with Crippen molar-refractivity contribution >= 4 is 29.6 Å². The summed E-state index contributed by atoms with van der Waals surface area (Å²) in [6.07, 6.45) is 2.49. The van der Waals surface area contributed by atoms with Crippen molar-refractivity contribution < 1.29 is 4.79 Å². The van der Waals surface area contributed by atoms with Crippen LogP contribution in [0.2, 0.25) is 0 Å². The molecule has 0 bridgehead atoms. The van der Waals surface area contributed by atoms with Gasteiger partial charge in [-0.2, -0.15) is 0 Å². The summed E-state index contributed by atoms with van der Waals surface area (Å²) in [6.45, 7) is 0. The number of allylic oxidation sites excluding steroid dienone is 2. The SMILES string of the molecule is O=CC1=CSCC(Cl)=C1. The second-order valence-electron chi connectivity index (χ2n) is 1.64. The second kappa shape index (κ2) is 3.08. The normalized spacial score (nSPS) is 18.3. The lowest BCUT2D eigenvalue weighted by Crippen LogP contribution is -1.87. The Balaban J connectivity index is 2.74. The summed E-state index contributed by atoms with van der Waals surface area (Å²) in [6, 6.07) is 0. The molecule has 9 heavy (non-hydrogen) atoms. The van der Waals surface area contributed by atoms with Crippen LogP contribution in [0.3, 0.4) is 0 Å². The van der Waals surface area contributed by atoms with E-state index in [1.807, 2.05) is 0 Å². The van der Waals surface area contributed by atoms with Crippen molar-refractivity contribution in [2.45, 2.75) is 0 Å². The first-order valence-corrected chi connectivity index (χ1v) is 3.88. The van der Waals surface area contributed by atoms with Crippen LogP contribution in [-0.4, -0.2) is 12.0 Å². The molecule has 1 nitrogen and oxygen atoms in total. The van der Waals surface area contributed by atoms with Crippen molar-refractivity contribution in [2.75, 3.05) is 5.75 Å². The molecule has 0 saturated carbocycles. The van der Waals surface area contributed by atoms with E-state index in [1.54, 1.807) is 23.2 Å². The van der Waals surface area contributed by atoms with Gasteiger partial charge in [-0.05, 0) is 11.5 Å². The van der Waals surface area contributed by atoms with E-state index in [0.29, 0.717) is 5.57 Å². The van der Waals surface area contributed by atoms with Gasteiger partial charge in [-0.1, -0.05) is 11.6 Å². The topological polar surface area (TPSA) is 17.1 Å². The Kier molecular flexibility index (Phi) is 2.37. The van der Waals surface area contributed by atoms with E-state index in [-0.39, 0.29) is 0 Å². The predicted octanol–water partition coefficient (Wildman–Crippen LogP) is 1.94. The van der Waals surface area contributed by atoms with Crippen molar-refractivity contribution in [3.63, 3.8) is 0 Å². The quantitative estimate of drug-likeness (QED) is 0.546. The van der Waals surface area contributed by atoms with Gasteiger partial charge in [0.05, 0.1) is 0 Å². The Morgan fingerprint density at radius 1 is 1.78 bits per heavy atom. The lowest BCUT2D eigenvalue weighted by atomic mass is 10.3. The van der Waals surface area contributed by atoms with Crippen LogP contribution in [0.25, 0.3) is 0 Å². The van der Waals surface area contributed by atoms with Crippen LogP contribution >= 0.6 is 23.4 Å². The zero-order chi connectivity index (χ0) is 6.69. The van der Waals surface area contributed by atoms with Gasteiger partial charge in [0.2, 0.25) is 0 Å². The van der Waals surface area contributed by atoms with Crippen molar-refractivity contribution in [1.82, 2.24) is 0 Å². The Labute approximate surface area is 62.8 Å². The highest BCUT2D eigenvalue weighted by Gasteiger charge is 2.00. The fraction of sp³-hybridized carbons (Fsp3) is 0.167. The third kappa shape index (κ3) is 1.88. The molecule has 0 aliphatic carbocycles.